The van der Waals surface area contributed by atoms with Crippen molar-refractivity contribution in [1.82, 2.24) is 0 Å². The fourth-order valence-electron chi connectivity index (χ4n) is 1.40. The molecule has 20 heavy (non-hydrogen) atoms. The number of hydrogen-bond acceptors (Lipinski definition) is 4. The number of rotatable bonds is 5. The van der Waals surface area contributed by atoms with Gasteiger partial charge in [-0.2, -0.15) is 21.6 Å². The number of alkyl halides is 4. The second kappa shape index (κ2) is 5.86. The van der Waals surface area contributed by atoms with Crippen LogP contribution in [0.3, 0.4) is 0 Å². The minimum atomic E-state index is -5.77. The molecule has 0 saturated carbocycles. The Morgan fingerprint density at radius 1 is 1.25 bits per heavy atom. The van der Waals surface area contributed by atoms with Crippen molar-refractivity contribution in [3.8, 4) is 11.5 Å². The van der Waals surface area contributed by atoms with Crippen molar-refractivity contribution in [2.75, 3.05) is 7.11 Å². The Morgan fingerprint density at radius 3 is 2.30 bits per heavy atom. The molecular weight excluding hydrogens is 304 g/mol. The summed E-state index contributed by atoms with van der Waals surface area (Å²) >= 11 is 0. The van der Waals surface area contributed by atoms with E-state index in [-0.39, 0.29) is 12.2 Å². The maximum absolute atomic E-state index is 12.8. The normalized spacial score (nSPS) is 13.9. The molecule has 0 amide bonds. The van der Waals surface area contributed by atoms with Crippen LogP contribution in [0, 0.1) is 0 Å². The van der Waals surface area contributed by atoms with Gasteiger partial charge in [0.05, 0.1) is 7.11 Å². The van der Waals surface area contributed by atoms with E-state index >= 15 is 0 Å². The summed E-state index contributed by atoms with van der Waals surface area (Å²) in [5.41, 5.74) is -5.10. The minimum absolute atomic E-state index is 0.0165. The highest BCUT2D eigenvalue weighted by Crippen LogP contribution is 2.33. The van der Waals surface area contributed by atoms with Crippen LogP contribution >= 0.6 is 0 Å². The topological polar surface area (TPSA) is 52.6 Å². The molecule has 0 saturated heterocycles. The van der Waals surface area contributed by atoms with Gasteiger partial charge in [-0.15, -0.1) is 0 Å². The summed E-state index contributed by atoms with van der Waals surface area (Å²) in [7, 11) is -4.64. The van der Waals surface area contributed by atoms with Gasteiger partial charge in [0, 0.05) is 6.42 Å². The van der Waals surface area contributed by atoms with Crippen molar-refractivity contribution in [3.05, 3.63) is 23.8 Å². The molecule has 9 heteroatoms. The van der Waals surface area contributed by atoms with Gasteiger partial charge in [-0.05, 0) is 24.6 Å². The molecule has 0 heterocycles. The first kappa shape index (κ1) is 16.5. The van der Waals surface area contributed by atoms with Crippen molar-refractivity contribution in [3.63, 3.8) is 0 Å². The summed E-state index contributed by atoms with van der Waals surface area (Å²) in [6.45, 7) is 1.31. The van der Waals surface area contributed by atoms with Gasteiger partial charge < -0.3 is 8.92 Å². The van der Waals surface area contributed by atoms with E-state index < -0.39 is 27.5 Å². The Hall–Kier alpha value is -1.51. The first-order valence-electron chi connectivity index (χ1n) is 5.38. The highest BCUT2D eigenvalue weighted by molar-refractivity contribution is 7.88. The van der Waals surface area contributed by atoms with Crippen LogP contribution in [0.1, 0.15) is 12.5 Å². The van der Waals surface area contributed by atoms with Gasteiger partial charge in [-0.3, -0.25) is 0 Å². The van der Waals surface area contributed by atoms with Gasteiger partial charge in [0.1, 0.15) is 6.17 Å². The zero-order valence-electron chi connectivity index (χ0n) is 10.6. The van der Waals surface area contributed by atoms with E-state index in [0.717, 1.165) is 13.2 Å². The number of benzene rings is 1. The fraction of sp³-hybridized carbons (Fsp3) is 0.455. The second-order valence-electron chi connectivity index (χ2n) is 3.95. The molecule has 1 rings (SSSR count). The van der Waals surface area contributed by atoms with Crippen LogP contribution < -0.4 is 8.92 Å². The van der Waals surface area contributed by atoms with Crippen molar-refractivity contribution in [2.24, 2.45) is 0 Å². The summed E-state index contributed by atoms with van der Waals surface area (Å²) in [5, 5.41) is 0. The Morgan fingerprint density at radius 2 is 1.85 bits per heavy atom. The summed E-state index contributed by atoms with van der Waals surface area (Å²) in [6, 6.07) is 3.47. The number of ether oxygens (including phenoxy) is 1. The predicted octanol–water partition coefficient (Wildman–Crippen LogP) is 2.82. The highest BCUT2D eigenvalue weighted by Gasteiger charge is 2.48. The van der Waals surface area contributed by atoms with Gasteiger partial charge >= 0.3 is 15.6 Å². The highest BCUT2D eigenvalue weighted by atomic mass is 32.2. The van der Waals surface area contributed by atoms with Crippen LogP contribution in [0.2, 0.25) is 0 Å². The van der Waals surface area contributed by atoms with E-state index in [2.05, 4.69) is 4.18 Å². The van der Waals surface area contributed by atoms with Gasteiger partial charge in [0.25, 0.3) is 0 Å². The standard InChI is InChI=1S/C11H12F4O4S/c1-7(12)5-8-3-4-9(10(6-8)18-2)19-20(16,17)11(13,14)15/h3-4,6-7H,5H2,1-2H3. The Balaban J connectivity index is 3.09. The predicted molar refractivity (Wildman–Crippen MR) is 62.9 cm³/mol. The third-order valence-electron chi connectivity index (χ3n) is 2.23. The first-order valence-corrected chi connectivity index (χ1v) is 6.79. The zero-order chi connectivity index (χ0) is 15.6. The van der Waals surface area contributed by atoms with Gasteiger partial charge in [0.2, 0.25) is 0 Å². The molecule has 0 aliphatic rings. The van der Waals surface area contributed by atoms with Gasteiger partial charge in [0.15, 0.2) is 11.5 Å². The number of methoxy groups -OCH3 is 1. The second-order valence-corrected chi connectivity index (χ2v) is 5.49. The monoisotopic (exact) mass is 316 g/mol. The van der Waals surface area contributed by atoms with E-state index in [0.29, 0.717) is 5.56 Å². The lowest BCUT2D eigenvalue weighted by molar-refractivity contribution is -0.0500. The molecule has 1 atom stereocenters. The first-order chi connectivity index (χ1) is 9.06. The average molecular weight is 316 g/mol. The van der Waals surface area contributed by atoms with Crippen molar-refractivity contribution in [2.45, 2.75) is 25.0 Å². The lowest BCUT2D eigenvalue weighted by Crippen LogP contribution is -2.28. The molecule has 0 spiro atoms. The largest absolute Gasteiger partial charge is 0.534 e. The third-order valence-corrected chi connectivity index (χ3v) is 3.19. The molecule has 1 aromatic carbocycles. The smallest absolute Gasteiger partial charge is 0.493 e. The van der Waals surface area contributed by atoms with Crippen LogP contribution in [0.15, 0.2) is 18.2 Å². The molecular formula is C11H12F4O4S. The average Bonchev–Trinajstić information content (AvgIpc) is 2.28. The Bertz CT molecular complexity index is 566. The van der Waals surface area contributed by atoms with Crippen molar-refractivity contribution < 1.29 is 34.9 Å². The van der Waals surface area contributed by atoms with E-state index in [1.165, 1.54) is 19.1 Å². The van der Waals surface area contributed by atoms with Gasteiger partial charge in [-0.1, -0.05) is 6.07 Å². The SMILES string of the molecule is COc1cc(CC(C)F)ccc1OS(=O)(=O)C(F)(F)F. The zero-order valence-corrected chi connectivity index (χ0v) is 11.4. The summed E-state index contributed by atoms with van der Waals surface area (Å²) < 4.78 is 79.9. The molecule has 0 bridgehead atoms. The molecule has 4 nitrogen and oxygen atoms in total. The van der Waals surface area contributed by atoms with Crippen LogP contribution in [0.5, 0.6) is 11.5 Å². The van der Waals surface area contributed by atoms with E-state index in [1.807, 2.05) is 0 Å². The third kappa shape index (κ3) is 3.99. The quantitative estimate of drug-likeness (QED) is 0.476. The van der Waals surface area contributed by atoms with Crippen LogP contribution in [-0.2, 0) is 16.5 Å². The fourth-order valence-corrected chi connectivity index (χ4v) is 1.87. The summed E-state index contributed by atoms with van der Waals surface area (Å²) in [4.78, 5) is 0. The van der Waals surface area contributed by atoms with Crippen LogP contribution in [0.4, 0.5) is 17.6 Å². The van der Waals surface area contributed by atoms with Gasteiger partial charge in [-0.25, -0.2) is 4.39 Å². The van der Waals surface area contributed by atoms with Crippen molar-refractivity contribution in [1.29, 1.82) is 0 Å². The molecule has 0 aliphatic heterocycles. The van der Waals surface area contributed by atoms with E-state index in [1.54, 1.807) is 0 Å². The maximum atomic E-state index is 12.8. The summed E-state index contributed by atoms with van der Waals surface area (Å²) in [6.07, 6.45) is -1.15. The maximum Gasteiger partial charge on any atom is 0.534 e. The van der Waals surface area contributed by atoms with Crippen LogP contribution in [-0.4, -0.2) is 27.2 Å². The molecule has 0 aliphatic carbocycles. The molecule has 0 radical (unpaired) electrons. The minimum Gasteiger partial charge on any atom is -0.493 e. The molecule has 0 fully saturated rings. The Labute approximate surface area is 113 Å². The lowest BCUT2D eigenvalue weighted by Gasteiger charge is -2.13. The summed E-state index contributed by atoms with van der Waals surface area (Å²) in [5.74, 6) is -0.837. The molecule has 0 N–H and O–H groups in total. The molecule has 1 unspecified atom stereocenters. The number of hydrogen-bond donors (Lipinski definition) is 0. The molecule has 1 aromatic rings. The number of halogens is 4. The Kier molecular flexibility index (Phi) is 4.85. The molecule has 0 aromatic heterocycles. The van der Waals surface area contributed by atoms with Crippen molar-refractivity contribution >= 4 is 10.1 Å². The van der Waals surface area contributed by atoms with E-state index in [9.17, 15) is 26.0 Å². The van der Waals surface area contributed by atoms with E-state index in [4.69, 9.17) is 4.74 Å². The van der Waals surface area contributed by atoms with Crippen LogP contribution in [0.25, 0.3) is 0 Å². The molecule has 114 valence electrons. The lowest BCUT2D eigenvalue weighted by atomic mass is 10.1.